The van der Waals surface area contributed by atoms with Crippen molar-refractivity contribution in [3.8, 4) is 0 Å². The van der Waals surface area contributed by atoms with Crippen molar-refractivity contribution in [1.29, 1.82) is 0 Å². The van der Waals surface area contributed by atoms with Gasteiger partial charge in [0.15, 0.2) is 0 Å². The van der Waals surface area contributed by atoms with Gasteiger partial charge >= 0.3 is 5.97 Å². The van der Waals surface area contributed by atoms with Crippen molar-refractivity contribution in [1.82, 2.24) is 4.90 Å². The molecule has 1 rings (SSSR count). The Morgan fingerprint density at radius 2 is 1.36 bits per heavy atom. The normalized spacial score (nSPS) is 10.7. The highest BCUT2D eigenvalue weighted by atomic mass is 35.5. The molecule has 3 nitrogen and oxygen atoms in total. The van der Waals surface area contributed by atoms with Crippen molar-refractivity contribution >= 4 is 18.4 Å². The monoisotopic (exact) mass is 369 g/mol. The van der Waals surface area contributed by atoms with Crippen molar-refractivity contribution in [2.75, 3.05) is 26.2 Å². The number of rotatable bonds is 10. The summed E-state index contributed by atoms with van der Waals surface area (Å²) in [7, 11) is 0. The lowest BCUT2D eigenvalue weighted by atomic mass is 9.87. The summed E-state index contributed by atoms with van der Waals surface area (Å²) in [4.78, 5) is 15.1. The number of hydrogen-bond donors (Lipinski definition) is 0. The average molecular weight is 370 g/mol. The minimum atomic E-state index is -0.138. The molecule has 4 heteroatoms. The maximum atomic E-state index is 12.9. The number of likely N-dealkylation sites (N-methyl/N-ethyl adjacent to an activating group) is 1. The largest absolute Gasteiger partial charge is 0.461 e. The fourth-order valence-corrected chi connectivity index (χ4v) is 3.45. The zero-order valence-corrected chi connectivity index (χ0v) is 17.7. The van der Waals surface area contributed by atoms with Crippen LogP contribution < -0.4 is 0 Å². The van der Waals surface area contributed by atoms with Gasteiger partial charge in [-0.3, -0.25) is 0 Å². The molecule has 1 aromatic rings. The van der Waals surface area contributed by atoms with Crippen LogP contribution in [-0.2, 0) is 30.4 Å². The number of benzene rings is 1. The smallest absolute Gasteiger partial charge is 0.338 e. The fraction of sp³-hybridized carbons (Fsp3) is 0.667. The van der Waals surface area contributed by atoms with Crippen molar-refractivity contribution in [2.24, 2.45) is 0 Å². The van der Waals surface area contributed by atoms with E-state index in [1.807, 2.05) is 0 Å². The lowest BCUT2D eigenvalue weighted by Gasteiger charge is -2.21. The molecular formula is C21H36ClNO2. The number of ether oxygens (including phenoxy) is 1. The van der Waals surface area contributed by atoms with Crippen molar-refractivity contribution in [3.05, 3.63) is 33.9 Å². The molecule has 0 bridgehead atoms. The predicted octanol–water partition coefficient (Wildman–Crippen LogP) is 4.86. The van der Waals surface area contributed by atoms with Crippen molar-refractivity contribution < 1.29 is 9.53 Å². The standard InChI is InChI=1S/C21H35NO2.ClH/c1-7-16-15-17(8-2)19(10-4)20(18(16)9-3)21(23)24-14-13-22(11-5)12-6;/h15H,7-14H2,1-6H3;1H. The van der Waals surface area contributed by atoms with Crippen LogP contribution in [0, 0.1) is 0 Å². The van der Waals surface area contributed by atoms with Crippen LogP contribution in [0.5, 0.6) is 0 Å². The first-order valence-electron chi connectivity index (χ1n) is 9.63. The van der Waals surface area contributed by atoms with Crippen LogP contribution in [0.2, 0.25) is 0 Å². The van der Waals surface area contributed by atoms with Gasteiger partial charge < -0.3 is 9.64 Å². The van der Waals surface area contributed by atoms with Gasteiger partial charge in [0.1, 0.15) is 6.61 Å². The number of halogens is 1. The zero-order chi connectivity index (χ0) is 18.1. The van der Waals surface area contributed by atoms with Gasteiger partial charge in [0, 0.05) is 6.54 Å². The molecule has 0 saturated heterocycles. The zero-order valence-electron chi connectivity index (χ0n) is 16.9. The Balaban J connectivity index is 0.00000576. The van der Waals surface area contributed by atoms with Crippen LogP contribution in [0.25, 0.3) is 0 Å². The van der Waals surface area contributed by atoms with Crippen LogP contribution in [0.1, 0.15) is 74.2 Å². The first kappa shape index (κ1) is 23.9. The Hall–Kier alpha value is -1.06. The highest BCUT2D eigenvalue weighted by Crippen LogP contribution is 2.27. The topological polar surface area (TPSA) is 29.5 Å². The number of carbonyl (C=O) groups is 1. The number of hydrogen-bond acceptors (Lipinski definition) is 3. The van der Waals surface area contributed by atoms with Crippen LogP contribution in [0.4, 0.5) is 0 Å². The lowest BCUT2D eigenvalue weighted by molar-refractivity contribution is 0.0463. The third-order valence-corrected chi connectivity index (χ3v) is 4.94. The van der Waals surface area contributed by atoms with E-state index in [4.69, 9.17) is 4.74 Å². The first-order chi connectivity index (χ1) is 11.6. The van der Waals surface area contributed by atoms with E-state index in [-0.39, 0.29) is 18.4 Å². The molecule has 144 valence electrons. The van der Waals surface area contributed by atoms with E-state index < -0.39 is 0 Å². The Bertz CT molecular complexity index is 509. The van der Waals surface area contributed by atoms with Gasteiger partial charge in [-0.2, -0.15) is 0 Å². The summed E-state index contributed by atoms with van der Waals surface area (Å²) < 4.78 is 5.67. The fourth-order valence-electron chi connectivity index (χ4n) is 3.45. The molecule has 0 saturated carbocycles. The molecule has 0 aliphatic rings. The molecule has 1 aromatic carbocycles. The molecule has 0 aliphatic heterocycles. The van der Waals surface area contributed by atoms with Gasteiger partial charge in [-0.25, -0.2) is 4.79 Å². The molecule has 0 fully saturated rings. The van der Waals surface area contributed by atoms with Crippen LogP contribution in [0.3, 0.4) is 0 Å². The third kappa shape index (κ3) is 6.00. The maximum absolute atomic E-state index is 12.9. The van der Waals surface area contributed by atoms with Crippen LogP contribution in [0.15, 0.2) is 6.07 Å². The average Bonchev–Trinajstić information content (AvgIpc) is 2.62. The molecule has 25 heavy (non-hydrogen) atoms. The molecule has 0 amide bonds. The highest BCUT2D eigenvalue weighted by Gasteiger charge is 2.21. The molecule has 0 aromatic heterocycles. The predicted molar refractivity (Wildman–Crippen MR) is 109 cm³/mol. The highest BCUT2D eigenvalue weighted by molar-refractivity contribution is 5.93. The first-order valence-corrected chi connectivity index (χ1v) is 9.63. The molecule has 0 aliphatic carbocycles. The molecular weight excluding hydrogens is 334 g/mol. The number of nitrogens with zero attached hydrogens (tertiary/aromatic N) is 1. The summed E-state index contributed by atoms with van der Waals surface area (Å²) in [6, 6.07) is 2.30. The van der Waals surface area contributed by atoms with E-state index in [9.17, 15) is 4.79 Å². The van der Waals surface area contributed by atoms with E-state index in [0.29, 0.717) is 6.61 Å². The molecule has 0 unspecified atom stereocenters. The van der Waals surface area contributed by atoms with Crippen molar-refractivity contribution in [2.45, 2.75) is 67.2 Å². The molecule has 0 N–H and O–H groups in total. The Kier molecular flexibility index (Phi) is 11.8. The van der Waals surface area contributed by atoms with Gasteiger partial charge in [0.25, 0.3) is 0 Å². The maximum Gasteiger partial charge on any atom is 0.338 e. The number of esters is 1. The minimum absolute atomic E-state index is 0. The minimum Gasteiger partial charge on any atom is -0.461 e. The van der Waals surface area contributed by atoms with E-state index >= 15 is 0 Å². The molecule has 0 atom stereocenters. The Morgan fingerprint density at radius 1 is 0.880 bits per heavy atom. The SMILES string of the molecule is CCc1cc(CC)c(CC)c(C(=O)OCCN(CC)CC)c1CC.Cl. The number of aryl methyl sites for hydroxylation is 2. The van der Waals surface area contributed by atoms with E-state index in [1.54, 1.807) is 0 Å². The van der Waals surface area contributed by atoms with Gasteiger partial charge in [-0.1, -0.05) is 47.6 Å². The van der Waals surface area contributed by atoms with Gasteiger partial charge in [0.05, 0.1) is 5.56 Å². The van der Waals surface area contributed by atoms with E-state index in [0.717, 1.165) is 50.9 Å². The van der Waals surface area contributed by atoms with Gasteiger partial charge in [-0.15, -0.1) is 12.4 Å². The summed E-state index contributed by atoms with van der Waals surface area (Å²) in [5.41, 5.74) is 5.79. The Morgan fingerprint density at radius 3 is 1.72 bits per heavy atom. The van der Waals surface area contributed by atoms with Crippen LogP contribution in [-0.4, -0.2) is 37.1 Å². The molecule has 0 radical (unpaired) electrons. The summed E-state index contributed by atoms with van der Waals surface area (Å²) in [6.07, 6.45) is 3.67. The second kappa shape index (κ2) is 12.3. The lowest BCUT2D eigenvalue weighted by Crippen LogP contribution is -2.28. The van der Waals surface area contributed by atoms with E-state index in [1.165, 1.54) is 22.3 Å². The number of carbonyl (C=O) groups excluding carboxylic acids is 1. The van der Waals surface area contributed by atoms with Gasteiger partial charge in [0.2, 0.25) is 0 Å². The summed E-state index contributed by atoms with van der Waals surface area (Å²) in [5, 5.41) is 0. The molecule has 0 spiro atoms. The second-order valence-corrected chi connectivity index (χ2v) is 6.10. The molecule has 0 heterocycles. The van der Waals surface area contributed by atoms with Gasteiger partial charge in [-0.05, 0) is 61.0 Å². The Labute approximate surface area is 160 Å². The quantitative estimate of drug-likeness (QED) is 0.552. The summed E-state index contributed by atoms with van der Waals surface area (Å²) >= 11 is 0. The van der Waals surface area contributed by atoms with Crippen molar-refractivity contribution in [3.63, 3.8) is 0 Å². The third-order valence-electron chi connectivity index (χ3n) is 4.94. The van der Waals surface area contributed by atoms with E-state index in [2.05, 4.69) is 52.5 Å². The van der Waals surface area contributed by atoms with Crippen LogP contribution >= 0.6 is 12.4 Å². The summed E-state index contributed by atoms with van der Waals surface area (Å²) in [5.74, 6) is -0.138. The second-order valence-electron chi connectivity index (χ2n) is 6.10. The summed E-state index contributed by atoms with van der Waals surface area (Å²) in [6.45, 7) is 16.1.